The Morgan fingerprint density at radius 3 is 2.41 bits per heavy atom. The molecule has 0 spiro atoms. The molecule has 2 heterocycles. The van der Waals surface area contributed by atoms with E-state index in [9.17, 15) is 18.8 Å². The number of hydrogen-bond donors (Lipinski definition) is 1. The van der Waals surface area contributed by atoms with Crippen molar-refractivity contribution in [2.45, 2.75) is 71.6 Å². The molecule has 13 heteroatoms. The molecule has 1 aliphatic heterocycles. The number of carboxylic acid groups (broad SMARTS) is 1. The molecule has 1 aromatic heterocycles. The number of nitrogens with zero attached hydrogens (tertiary/aromatic N) is 3. The fourth-order valence-electron chi connectivity index (χ4n) is 6.31. The molecule has 3 aromatic rings. The fourth-order valence-corrected chi connectivity index (χ4v) is 7.82. The minimum Gasteiger partial charge on any atom is -0.481 e. The lowest BCUT2D eigenvalue weighted by atomic mass is 9.82. The minimum absolute atomic E-state index is 0.0275. The van der Waals surface area contributed by atoms with Gasteiger partial charge in [-0.1, -0.05) is 70.7 Å². The largest absolute Gasteiger partial charge is 0.481 e. The van der Waals surface area contributed by atoms with Gasteiger partial charge in [0.2, 0.25) is 5.91 Å². The topological polar surface area (TPSA) is 92.1 Å². The normalized spacial score (nSPS) is 17.0. The summed E-state index contributed by atoms with van der Waals surface area (Å²) in [6.07, 6.45) is -0.369. The van der Waals surface area contributed by atoms with Crippen molar-refractivity contribution in [3.05, 3.63) is 83.7 Å². The maximum atomic E-state index is 15.8. The van der Waals surface area contributed by atoms with Crippen LogP contribution in [0.2, 0.25) is 25.7 Å². The summed E-state index contributed by atoms with van der Waals surface area (Å²) in [4.78, 5) is 41.4. The molecule has 0 radical (unpaired) electrons. The van der Waals surface area contributed by atoms with E-state index < -0.39 is 55.3 Å². The highest BCUT2D eigenvalue weighted by Crippen LogP contribution is 2.42. The van der Waals surface area contributed by atoms with Crippen LogP contribution in [0.1, 0.15) is 44.5 Å². The molecule has 8 nitrogen and oxygen atoms in total. The third kappa shape index (κ3) is 11.4. The Morgan fingerprint density at radius 1 is 1.06 bits per heavy atom. The molecule has 1 N–H and O–H groups in total. The van der Waals surface area contributed by atoms with Gasteiger partial charge in [0.05, 0.1) is 31.4 Å². The third-order valence-corrected chi connectivity index (χ3v) is 11.6. The van der Waals surface area contributed by atoms with Crippen LogP contribution in [-0.2, 0) is 20.9 Å². The Balaban J connectivity index is 1.74. The third-order valence-electron chi connectivity index (χ3n) is 8.91. The SMILES string of the molecule is CC(C)(C)[C@H](c1cc(-c2cc(F)ccc2F)cn1Cc1ccccc1)N(C[C@@H]1CN(C(=O)OCC[Si](C)(C)C)C[C@@H]1F)C(=O)CSCCC(=O)O. The second kappa shape index (κ2) is 17.2. The average Bonchev–Trinajstić information content (AvgIpc) is 3.61. The predicted octanol–water partition coefficient (Wildman–Crippen LogP) is 8.35. The Morgan fingerprint density at radius 2 is 1.76 bits per heavy atom. The fraction of sp³-hybridized carbons (Fsp3) is 0.500. The number of hydrogen-bond acceptors (Lipinski definition) is 5. The molecule has 4 rings (SSSR count). The quantitative estimate of drug-likeness (QED) is 0.124. The molecule has 0 saturated carbocycles. The summed E-state index contributed by atoms with van der Waals surface area (Å²) in [5.74, 6) is -3.03. The van der Waals surface area contributed by atoms with E-state index in [0.717, 1.165) is 29.8 Å². The summed E-state index contributed by atoms with van der Waals surface area (Å²) in [5.41, 5.74) is 1.43. The van der Waals surface area contributed by atoms with Crippen LogP contribution in [0, 0.1) is 23.0 Å². The second-order valence-electron chi connectivity index (χ2n) is 15.5. The van der Waals surface area contributed by atoms with Gasteiger partial charge in [-0.15, -0.1) is 0 Å². The first-order valence-electron chi connectivity index (χ1n) is 17.3. The zero-order chi connectivity index (χ0) is 37.5. The molecule has 1 saturated heterocycles. The van der Waals surface area contributed by atoms with Crippen LogP contribution >= 0.6 is 11.8 Å². The Bertz CT molecular complexity index is 1660. The average molecular weight is 746 g/mol. The number of carboxylic acids is 1. The van der Waals surface area contributed by atoms with Crippen molar-refractivity contribution in [3.63, 3.8) is 0 Å². The van der Waals surface area contributed by atoms with Gasteiger partial charge in [0.1, 0.15) is 17.8 Å². The molecule has 0 aliphatic carbocycles. The first kappa shape index (κ1) is 40.1. The van der Waals surface area contributed by atoms with Crippen molar-refractivity contribution in [3.8, 4) is 11.1 Å². The molecule has 3 atom stereocenters. The van der Waals surface area contributed by atoms with E-state index in [1.54, 1.807) is 17.2 Å². The van der Waals surface area contributed by atoms with Crippen molar-refractivity contribution in [1.82, 2.24) is 14.4 Å². The van der Waals surface area contributed by atoms with Gasteiger partial charge in [0.25, 0.3) is 0 Å². The number of likely N-dealkylation sites (tertiary alicyclic amines) is 1. The summed E-state index contributed by atoms with van der Waals surface area (Å²) < 4.78 is 52.8. The van der Waals surface area contributed by atoms with Crippen molar-refractivity contribution in [1.29, 1.82) is 0 Å². The summed E-state index contributed by atoms with van der Waals surface area (Å²) >= 11 is 1.18. The first-order valence-corrected chi connectivity index (χ1v) is 22.1. The molecular formula is C38H50F3N3O5SSi. The molecule has 278 valence electrons. The Kier molecular flexibility index (Phi) is 13.5. The van der Waals surface area contributed by atoms with E-state index in [0.29, 0.717) is 17.8 Å². The molecule has 2 amide bonds. The van der Waals surface area contributed by atoms with Crippen LogP contribution in [0.15, 0.2) is 60.8 Å². The predicted molar refractivity (Wildman–Crippen MR) is 198 cm³/mol. The second-order valence-corrected chi connectivity index (χ2v) is 22.2. The lowest BCUT2D eigenvalue weighted by Crippen LogP contribution is -2.46. The molecule has 2 aromatic carbocycles. The van der Waals surface area contributed by atoms with Crippen LogP contribution in [0.4, 0.5) is 18.0 Å². The maximum Gasteiger partial charge on any atom is 0.409 e. The van der Waals surface area contributed by atoms with E-state index in [4.69, 9.17) is 9.84 Å². The smallest absolute Gasteiger partial charge is 0.409 e. The Labute approximate surface area is 304 Å². The molecule has 0 unspecified atom stereocenters. The maximum absolute atomic E-state index is 15.8. The number of benzene rings is 2. The lowest BCUT2D eigenvalue weighted by Gasteiger charge is -2.42. The van der Waals surface area contributed by atoms with E-state index in [2.05, 4.69) is 19.6 Å². The van der Waals surface area contributed by atoms with Gasteiger partial charge in [0.15, 0.2) is 0 Å². The first-order chi connectivity index (χ1) is 23.9. The van der Waals surface area contributed by atoms with Crippen LogP contribution in [0.5, 0.6) is 0 Å². The molecule has 0 bridgehead atoms. The van der Waals surface area contributed by atoms with Gasteiger partial charge in [0, 0.05) is 62.4 Å². The van der Waals surface area contributed by atoms with Crippen LogP contribution in [0.25, 0.3) is 11.1 Å². The number of aromatic nitrogens is 1. The Hall–Kier alpha value is -3.71. The molecular weight excluding hydrogens is 696 g/mol. The number of rotatable bonds is 15. The highest BCUT2D eigenvalue weighted by atomic mass is 32.2. The van der Waals surface area contributed by atoms with Gasteiger partial charge >= 0.3 is 12.1 Å². The number of ether oxygens (including phenoxy) is 1. The van der Waals surface area contributed by atoms with E-state index >= 15 is 8.78 Å². The standard InChI is InChI=1S/C38H50F3N3O5SSi/c1-38(2,3)36(33-18-27(30-19-29(39)12-13-31(30)40)21-42(33)20-26-10-8-7-9-11-26)44(34(45)25-50-16-14-35(46)47)23-28-22-43(24-32(28)41)37(48)49-15-17-51(4,5)6/h7-13,18-19,21,28,32,36H,14-17,20,22-25H2,1-6H3,(H,46,47)/t28-,32-,36-/m0/s1. The van der Waals surface area contributed by atoms with Gasteiger partial charge < -0.3 is 24.2 Å². The monoisotopic (exact) mass is 745 g/mol. The van der Waals surface area contributed by atoms with Crippen molar-refractivity contribution in [2.24, 2.45) is 11.3 Å². The molecule has 51 heavy (non-hydrogen) atoms. The van der Waals surface area contributed by atoms with E-state index in [1.165, 1.54) is 16.7 Å². The minimum atomic E-state index is -1.45. The van der Waals surface area contributed by atoms with Crippen molar-refractivity contribution < 1.29 is 37.4 Å². The van der Waals surface area contributed by atoms with Crippen LogP contribution < -0.4 is 0 Å². The number of aliphatic carboxylic acids is 1. The zero-order valence-electron chi connectivity index (χ0n) is 30.3. The van der Waals surface area contributed by atoms with Gasteiger partial charge in [-0.3, -0.25) is 9.59 Å². The highest BCUT2D eigenvalue weighted by molar-refractivity contribution is 7.99. The highest BCUT2D eigenvalue weighted by Gasteiger charge is 2.43. The number of thioether (sulfide) groups is 1. The van der Waals surface area contributed by atoms with E-state index in [1.807, 2.05) is 55.7 Å². The molecule has 1 fully saturated rings. The van der Waals surface area contributed by atoms with Crippen LogP contribution in [0.3, 0.4) is 0 Å². The number of amides is 2. The zero-order valence-corrected chi connectivity index (χ0v) is 32.2. The van der Waals surface area contributed by atoms with E-state index in [-0.39, 0.29) is 55.6 Å². The number of carbonyl (C=O) groups is 3. The number of carbonyl (C=O) groups excluding carboxylic acids is 2. The lowest BCUT2D eigenvalue weighted by molar-refractivity contribution is -0.137. The number of halogens is 3. The van der Waals surface area contributed by atoms with Crippen molar-refractivity contribution in [2.75, 3.05) is 37.7 Å². The summed E-state index contributed by atoms with van der Waals surface area (Å²) in [6, 6.07) is 14.7. The summed E-state index contributed by atoms with van der Waals surface area (Å²) in [5, 5.41) is 9.15. The van der Waals surface area contributed by atoms with Crippen LogP contribution in [-0.4, -0.2) is 89.4 Å². The van der Waals surface area contributed by atoms with Gasteiger partial charge in [-0.2, -0.15) is 11.8 Å². The van der Waals surface area contributed by atoms with Gasteiger partial charge in [-0.25, -0.2) is 18.0 Å². The van der Waals surface area contributed by atoms with Gasteiger partial charge in [-0.05, 0) is 41.3 Å². The summed E-state index contributed by atoms with van der Waals surface area (Å²) in [6.45, 7) is 12.9. The number of alkyl halides is 1. The molecule has 1 aliphatic rings. The van der Waals surface area contributed by atoms with Crippen molar-refractivity contribution >= 4 is 37.8 Å². The summed E-state index contributed by atoms with van der Waals surface area (Å²) in [7, 11) is -1.45.